The number of aryl methyl sites for hydroxylation is 1. The van der Waals surface area contributed by atoms with E-state index in [1.807, 2.05) is 0 Å². The molecule has 18 heavy (non-hydrogen) atoms. The van der Waals surface area contributed by atoms with Crippen molar-refractivity contribution in [2.45, 2.75) is 59.4 Å². The van der Waals surface area contributed by atoms with Gasteiger partial charge >= 0.3 is 0 Å². The number of benzene rings is 1. The SMILES string of the molecule is CCNC(Cc1ccccc1C)CC(CC)CC. The van der Waals surface area contributed by atoms with Crippen LogP contribution in [0.5, 0.6) is 0 Å². The van der Waals surface area contributed by atoms with Crippen LogP contribution < -0.4 is 5.32 Å². The molecule has 1 N–H and O–H groups in total. The summed E-state index contributed by atoms with van der Waals surface area (Å²) in [5.41, 5.74) is 2.92. The Morgan fingerprint density at radius 3 is 2.28 bits per heavy atom. The highest BCUT2D eigenvalue weighted by atomic mass is 14.9. The van der Waals surface area contributed by atoms with Crippen molar-refractivity contribution in [1.82, 2.24) is 5.32 Å². The number of nitrogens with one attached hydrogen (secondary N) is 1. The smallest absolute Gasteiger partial charge is 0.0110 e. The summed E-state index contributed by atoms with van der Waals surface area (Å²) < 4.78 is 0. The second-order valence-corrected chi connectivity index (χ2v) is 5.30. The van der Waals surface area contributed by atoms with E-state index >= 15 is 0 Å². The fourth-order valence-corrected chi connectivity index (χ4v) is 2.66. The first-order valence-corrected chi connectivity index (χ1v) is 7.49. The number of likely N-dealkylation sites (N-methyl/N-ethyl adjacent to an activating group) is 1. The monoisotopic (exact) mass is 247 g/mol. The molecule has 0 aliphatic carbocycles. The molecule has 0 radical (unpaired) electrons. The first kappa shape index (κ1) is 15.2. The fraction of sp³-hybridized carbons (Fsp3) is 0.647. The molecular formula is C17H29N. The molecule has 0 saturated heterocycles. The van der Waals surface area contributed by atoms with Gasteiger partial charge in [0.05, 0.1) is 0 Å². The zero-order valence-electron chi connectivity index (χ0n) is 12.5. The maximum atomic E-state index is 3.66. The minimum absolute atomic E-state index is 0.626. The molecule has 0 amide bonds. The normalized spacial score (nSPS) is 12.9. The minimum Gasteiger partial charge on any atom is -0.314 e. The van der Waals surface area contributed by atoms with Gasteiger partial charge in [0.1, 0.15) is 0 Å². The highest BCUT2D eigenvalue weighted by molar-refractivity contribution is 5.26. The molecule has 0 fully saturated rings. The van der Waals surface area contributed by atoms with Crippen LogP contribution in [0.3, 0.4) is 0 Å². The zero-order valence-corrected chi connectivity index (χ0v) is 12.5. The Bertz CT molecular complexity index is 328. The lowest BCUT2D eigenvalue weighted by molar-refractivity contribution is 0.367. The van der Waals surface area contributed by atoms with Crippen LogP contribution in [0.1, 0.15) is 51.2 Å². The van der Waals surface area contributed by atoms with Crippen LogP contribution in [0.4, 0.5) is 0 Å². The third-order valence-electron chi connectivity index (χ3n) is 3.99. The largest absolute Gasteiger partial charge is 0.314 e. The molecule has 1 aromatic carbocycles. The molecule has 102 valence electrons. The number of rotatable bonds is 8. The van der Waals surface area contributed by atoms with Crippen LogP contribution in [0, 0.1) is 12.8 Å². The Morgan fingerprint density at radius 2 is 1.72 bits per heavy atom. The Balaban J connectivity index is 2.65. The fourth-order valence-electron chi connectivity index (χ4n) is 2.66. The molecule has 1 rings (SSSR count). The summed E-state index contributed by atoms with van der Waals surface area (Å²) in [6, 6.07) is 9.40. The van der Waals surface area contributed by atoms with Gasteiger partial charge < -0.3 is 5.32 Å². The van der Waals surface area contributed by atoms with E-state index in [0.717, 1.165) is 18.9 Å². The van der Waals surface area contributed by atoms with Crippen LogP contribution in [0.15, 0.2) is 24.3 Å². The predicted octanol–water partition coefficient (Wildman–Crippen LogP) is 4.34. The lowest BCUT2D eigenvalue weighted by Crippen LogP contribution is -2.33. The highest BCUT2D eigenvalue weighted by Crippen LogP contribution is 2.19. The van der Waals surface area contributed by atoms with Crippen molar-refractivity contribution in [2.24, 2.45) is 5.92 Å². The molecular weight excluding hydrogens is 218 g/mol. The molecule has 1 unspecified atom stereocenters. The van der Waals surface area contributed by atoms with Crippen LogP contribution in [-0.2, 0) is 6.42 Å². The first-order valence-electron chi connectivity index (χ1n) is 7.49. The van der Waals surface area contributed by atoms with Crippen molar-refractivity contribution in [3.8, 4) is 0 Å². The predicted molar refractivity (Wildman–Crippen MR) is 81.0 cm³/mol. The third-order valence-corrected chi connectivity index (χ3v) is 3.99. The quantitative estimate of drug-likeness (QED) is 0.720. The van der Waals surface area contributed by atoms with E-state index in [0.29, 0.717) is 6.04 Å². The Kier molecular flexibility index (Phi) is 7.04. The topological polar surface area (TPSA) is 12.0 Å². The van der Waals surface area contributed by atoms with E-state index < -0.39 is 0 Å². The van der Waals surface area contributed by atoms with Gasteiger partial charge in [-0.15, -0.1) is 0 Å². The van der Waals surface area contributed by atoms with Crippen molar-refractivity contribution >= 4 is 0 Å². The summed E-state index contributed by atoms with van der Waals surface area (Å²) >= 11 is 0. The highest BCUT2D eigenvalue weighted by Gasteiger charge is 2.14. The van der Waals surface area contributed by atoms with E-state index in [4.69, 9.17) is 0 Å². The van der Waals surface area contributed by atoms with Crippen molar-refractivity contribution in [3.63, 3.8) is 0 Å². The summed E-state index contributed by atoms with van der Waals surface area (Å²) in [5.74, 6) is 0.859. The second kappa shape index (κ2) is 8.31. The van der Waals surface area contributed by atoms with Crippen molar-refractivity contribution in [1.29, 1.82) is 0 Å². The maximum absolute atomic E-state index is 3.66. The van der Waals surface area contributed by atoms with Gasteiger partial charge in [-0.2, -0.15) is 0 Å². The molecule has 0 bridgehead atoms. The van der Waals surface area contributed by atoms with E-state index in [2.05, 4.69) is 57.3 Å². The van der Waals surface area contributed by atoms with Crippen LogP contribution >= 0.6 is 0 Å². The molecule has 1 atom stereocenters. The van der Waals surface area contributed by atoms with Crippen molar-refractivity contribution in [2.75, 3.05) is 6.54 Å². The van der Waals surface area contributed by atoms with Gasteiger partial charge in [-0.25, -0.2) is 0 Å². The summed E-state index contributed by atoms with van der Waals surface area (Å²) in [6.07, 6.45) is 5.06. The van der Waals surface area contributed by atoms with Gasteiger partial charge in [0.15, 0.2) is 0 Å². The Hall–Kier alpha value is -0.820. The second-order valence-electron chi connectivity index (χ2n) is 5.30. The molecule has 1 nitrogen and oxygen atoms in total. The van der Waals surface area contributed by atoms with E-state index in [-0.39, 0.29) is 0 Å². The van der Waals surface area contributed by atoms with Crippen LogP contribution in [0.25, 0.3) is 0 Å². The van der Waals surface area contributed by atoms with Gasteiger partial charge in [0, 0.05) is 6.04 Å². The molecule has 0 aliphatic rings. The van der Waals surface area contributed by atoms with E-state index in [9.17, 15) is 0 Å². The summed E-state index contributed by atoms with van der Waals surface area (Å²) in [4.78, 5) is 0. The lowest BCUT2D eigenvalue weighted by atomic mass is 9.90. The summed E-state index contributed by atoms with van der Waals surface area (Å²) in [7, 11) is 0. The van der Waals surface area contributed by atoms with Crippen molar-refractivity contribution < 1.29 is 0 Å². The molecule has 0 heterocycles. The summed E-state index contributed by atoms with van der Waals surface area (Å²) in [5, 5.41) is 3.66. The molecule has 1 aromatic rings. The molecule has 0 aliphatic heterocycles. The molecule has 0 saturated carbocycles. The number of hydrogen-bond acceptors (Lipinski definition) is 1. The standard InChI is InChI=1S/C17H29N/c1-5-15(6-2)12-17(18-7-3)13-16-11-9-8-10-14(16)4/h8-11,15,17-18H,5-7,12-13H2,1-4H3. The van der Waals surface area contributed by atoms with Crippen molar-refractivity contribution in [3.05, 3.63) is 35.4 Å². The number of hydrogen-bond donors (Lipinski definition) is 1. The minimum atomic E-state index is 0.626. The van der Waals surface area contributed by atoms with E-state index in [1.165, 1.54) is 30.4 Å². The Labute approximate surface area is 113 Å². The molecule has 1 heteroatoms. The average molecular weight is 247 g/mol. The maximum Gasteiger partial charge on any atom is 0.0110 e. The van der Waals surface area contributed by atoms with Gasteiger partial charge in [-0.3, -0.25) is 0 Å². The zero-order chi connectivity index (χ0) is 13.4. The first-order chi connectivity index (χ1) is 8.71. The van der Waals surface area contributed by atoms with Gasteiger partial charge in [0.25, 0.3) is 0 Å². The third kappa shape index (κ3) is 4.81. The molecule has 0 aromatic heterocycles. The van der Waals surface area contributed by atoms with Crippen LogP contribution in [0.2, 0.25) is 0 Å². The van der Waals surface area contributed by atoms with Crippen LogP contribution in [-0.4, -0.2) is 12.6 Å². The van der Waals surface area contributed by atoms with Gasteiger partial charge in [-0.05, 0) is 43.4 Å². The summed E-state index contributed by atoms with van der Waals surface area (Å²) in [6.45, 7) is 10.1. The molecule has 0 spiro atoms. The average Bonchev–Trinajstić information content (AvgIpc) is 2.38. The lowest BCUT2D eigenvalue weighted by Gasteiger charge is -2.23. The van der Waals surface area contributed by atoms with E-state index in [1.54, 1.807) is 0 Å². The Morgan fingerprint density at radius 1 is 1.06 bits per heavy atom. The van der Waals surface area contributed by atoms with Gasteiger partial charge in [0.2, 0.25) is 0 Å². The van der Waals surface area contributed by atoms with Gasteiger partial charge in [-0.1, -0.05) is 57.9 Å².